The first kappa shape index (κ1) is 16.0. The Kier molecular flexibility index (Phi) is 5.08. The van der Waals surface area contributed by atoms with Crippen LogP contribution in [-0.4, -0.2) is 29.2 Å². The summed E-state index contributed by atoms with van der Waals surface area (Å²) in [6.45, 7) is 0.277. The van der Waals surface area contributed by atoms with Gasteiger partial charge in [-0.1, -0.05) is 23.7 Å². The van der Waals surface area contributed by atoms with E-state index in [1.807, 2.05) is 0 Å². The first-order chi connectivity index (χ1) is 11.8. The summed E-state index contributed by atoms with van der Waals surface area (Å²) < 4.78 is 15.9. The average molecular weight is 345 g/mol. The molecule has 0 aliphatic heterocycles. The zero-order chi connectivity index (χ0) is 16.8. The number of rotatable bonds is 6. The first-order valence-electron chi connectivity index (χ1n) is 7.14. The zero-order valence-electron chi connectivity index (χ0n) is 12.5. The summed E-state index contributed by atoms with van der Waals surface area (Å²) in [5.74, 6) is 0.277. The molecule has 24 heavy (non-hydrogen) atoms. The molecule has 0 aliphatic carbocycles. The largest absolute Gasteiger partial charge is 0.488 e. The van der Waals surface area contributed by atoms with Gasteiger partial charge in [-0.25, -0.2) is 9.78 Å². The smallest absolute Gasteiger partial charge is 0.361 e. The van der Waals surface area contributed by atoms with Crippen LogP contribution in [0.25, 0.3) is 11.3 Å². The number of benzene rings is 1. The van der Waals surface area contributed by atoms with E-state index in [-0.39, 0.29) is 24.7 Å². The van der Waals surface area contributed by atoms with Crippen LogP contribution in [0.4, 0.5) is 0 Å². The third-order valence-electron chi connectivity index (χ3n) is 3.10. The number of aromatic nitrogens is 2. The van der Waals surface area contributed by atoms with Crippen LogP contribution in [0.15, 0.2) is 59.6 Å². The van der Waals surface area contributed by atoms with E-state index in [0.29, 0.717) is 16.3 Å². The Hall–Kier alpha value is -2.86. The van der Waals surface area contributed by atoms with Crippen LogP contribution in [0.3, 0.4) is 0 Å². The van der Waals surface area contributed by atoms with Gasteiger partial charge in [0.25, 0.3) is 0 Å². The zero-order valence-corrected chi connectivity index (χ0v) is 13.3. The highest BCUT2D eigenvalue weighted by atomic mass is 35.5. The van der Waals surface area contributed by atoms with Crippen molar-refractivity contribution < 1.29 is 18.7 Å². The molecule has 0 atom stereocenters. The highest BCUT2D eigenvalue weighted by Crippen LogP contribution is 2.30. The van der Waals surface area contributed by atoms with Gasteiger partial charge in [-0.15, -0.1) is 0 Å². The summed E-state index contributed by atoms with van der Waals surface area (Å²) in [6, 6.07) is 10.5. The second-order valence-electron chi connectivity index (χ2n) is 4.68. The molecule has 3 aromatic rings. The van der Waals surface area contributed by atoms with Crippen molar-refractivity contribution in [1.82, 2.24) is 9.97 Å². The minimum Gasteiger partial charge on any atom is -0.488 e. The number of hydrogen-bond acceptors (Lipinski definition) is 6. The van der Waals surface area contributed by atoms with Gasteiger partial charge in [0.05, 0.1) is 11.2 Å². The van der Waals surface area contributed by atoms with E-state index in [4.69, 9.17) is 25.5 Å². The molecule has 7 heteroatoms. The quantitative estimate of drug-likeness (QED) is 0.502. The Balaban J connectivity index is 1.60. The third kappa shape index (κ3) is 3.72. The second kappa shape index (κ2) is 7.61. The molecule has 0 aliphatic rings. The topological polar surface area (TPSA) is 74.5 Å². The minimum absolute atomic E-state index is 0.0720. The maximum absolute atomic E-state index is 12.2. The molecule has 6 nitrogen and oxygen atoms in total. The van der Waals surface area contributed by atoms with Crippen molar-refractivity contribution >= 4 is 17.6 Å². The van der Waals surface area contributed by atoms with Crippen LogP contribution < -0.4 is 4.74 Å². The summed E-state index contributed by atoms with van der Waals surface area (Å²) in [4.78, 5) is 20.0. The predicted octanol–water partition coefficient (Wildman–Crippen LogP) is 3.63. The monoisotopic (exact) mass is 344 g/mol. The Bertz CT molecular complexity index is 820. The molecule has 2 aromatic heterocycles. The molecule has 2 heterocycles. The summed E-state index contributed by atoms with van der Waals surface area (Å²) >= 11 is 6.12. The third-order valence-corrected chi connectivity index (χ3v) is 3.43. The first-order valence-corrected chi connectivity index (χ1v) is 7.52. The van der Waals surface area contributed by atoms with Gasteiger partial charge in [-0.2, -0.15) is 0 Å². The Morgan fingerprint density at radius 2 is 2.04 bits per heavy atom. The summed E-state index contributed by atoms with van der Waals surface area (Å²) in [5, 5.41) is 0.461. The highest BCUT2D eigenvalue weighted by Gasteiger charge is 2.21. The van der Waals surface area contributed by atoms with Crippen LogP contribution in [0, 0.1) is 0 Å². The lowest BCUT2D eigenvalue weighted by Gasteiger charge is -2.07. The fourth-order valence-corrected chi connectivity index (χ4v) is 2.24. The molecule has 0 saturated heterocycles. The van der Waals surface area contributed by atoms with Crippen molar-refractivity contribution in [2.45, 2.75) is 0 Å². The average Bonchev–Trinajstić information content (AvgIpc) is 3.09. The molecule has 0 fully saturated rings. The van der Waals surface area contributed by atoms with Gasteiger partial charge in [0.1, 0.15) is 19.0 Å². The number of esters is 1. The van der Waals surface area contributed by atoms with E-state index in [0.717, 1.165) is 0 Å². The van der Waals surface area contributed by atoms with Crippen LogP contribution in [0.5, 0.6) is 5.75 Å². The number of halogens is 1. The van der Waals surface area contributed by atoms with Crippen molar-refractivity contribution in [1.29, 1.82) is 0 Å². The van der Waals surface area contributed by atoms with Gasteiger partial charge < -0.3 is 13.9 Å². The lowest BCUT2D eigenvalue weighted by atomic mass is 10.1. The van der Waals surface area contributed by atoms with Crippen LogP contribution in [0.1, 0.15) is 10.5 Å². The van der Waals surface area contributed by atoms with E-state index in [1.165, 1.54) is 6.39 Å². The van der Waals surface area contributed by atoms with Crippen LogP contribution in [0.2, 0.25) is 5.02 Å². The van der Waals surface area contributed by atoms with Crippen molar-refractivity contribution in [3.8, 4) is 17.1 Å². The van der Waals surface area contributed by atoms with E-state index >= 15 is 0 Å². The fraction of sp³-hybridized carbons (Fsp3) is 0.118. The number of hydrogen-bond donors (Lipinski definition) is 0. The summed E-state index contributed by atoms with van der Waals surface area (Å²) in [5.41, 5.74) is 0.653. The summed E-state index contributed by atoms with van der Waals surface area (Å²) in [7, 11) is 0. The van der Waals surface area contributed by atoms with Gasteiger partial charge in [0, 0.05) is 11.8 Å². The molecule has 0 amide bonds. The number of nitrogens with zero attached hydrogens (tertiary/aromatic N) is 2. The normalized spacial score (nSPS) is 10.4. The van der Waals surface area contributed by atoms with Gasteiger partial charge in [0.15, 0.2) is 17.8 Å². The summed E-state index contributed by atoms with van der Waals surface area (Å²) in [6.07, 6.45) is 4.41. The molecular formula is C17H13ClN2O4. The number of carbonyl (C=O) groups excluding carboxylic acids is 1. The van der Waals surface area contributed by atoms with Crippen molar-refractivity contribution in [3.63, 3.8) is 0 Å². The van der Waals surface area contributed by atoms with Crippen molar-refractivity contribution in [2.75, 3.05) is 13.2 Å². The minimum atomic E-state index is -0.603. The maximum atomic E-state index is 12.2. The van der Waals surface area contributed by atoms with Crippen LogP contribution in [-0.2, 0) is 4.74 Å². The maximum Gasteiger partial charge on any atom is 0.361 e. The Labute approximate surface area is 143 Å². The Morgan fingerprint density at radius 1 is 1.17 bits per heavy atom. The standard InChI is InChI=1S/C17H13ClN2O4/c18-14-6-2-1-5-13(14)16-15(20-11-24-16)17(21)23-9-8-22-12-4-3-7-19-10-12/h1-7,10-11H,8-9H2. The van der Waals surface area contributed by atoms with Crippen molar-refractivity contribution in [3.05, 3.63) is 65.9 Å². The lowest BCUT2D eigenvalue weighted by molar-refractivity contribution is 0.0444. The lowest BCUT2D eigenvalue weighted by Crippen LogP contribution is -2.13. The molecule has 0 radical (unpaired) electrons. The van der Waals surface area contributed by atoms with Crippen LogP contribution >= 0.6 is 11.6 Å². The van der Waals surface area contributed by atoms with E-state index in [2.05, 4.69) is 9.97 Å². The van der Waals surface area contributed by atoms with E-state index in [9.17, 15) is 4.79 Å². The van der Waals surface area contributed by atoms with E-state index < -0.39 is 5.97 Å². The number of ether oxygens (including phenoxy) is 2. The highest BCUT2D eigenvalue weighted by molar-refractivity contribution is 6.33. The number of oxazole rings is 1. The number of pyridine rings is 1. The van der Waals surface area contributed by atoms with Gasteiger partial charge >= 0.3 is 5.97 Å². The Morgan fingerprint density at radius 3 is 2.83 bits per heavy atom. The molecule has 0 saturated carbocycles. The van der Waals surface area contributed by atoms with Gasteiger partial charge in [-0.3, -0.25) is 4.98 Å². The molecule has 122 valence electrons. The molecule has 3 rings (SSSR count). The SMILES string of the molecule is O=C(OCCOc1cccnc1)c1ncoc1-c1ccccc1Cl. The fourth-order valence-electron chi connectivity index (χ4n) is 2.02. The van der Waals surface area contributed by atoms with Crippen molar-refractivity contribution in [2.24, 2.45) is 0 Å². The molecule has 0 bridgehead atoms. The molecule has 0 unspecified atom stereocenters. The van der Waals surface area contributed by atoms with Gasteiger partial charge in [-0.05, 0) is 24.3 Å². The second-order valence-corrected chi connectivity index (χ2v) is 5.09. The molecule has 0 N–H and O–H groups in total. The molecule has 1 aromatic carbocycles. The van der Waals surface area contributed by atoms with Gasteiger partial charge in [0.2, 0.25) is 0 Å². The predicted molar refractivity (Wildman–Crippen MR) is 87.0 cm³/mol. The molecule has 0 spiro atoms. The molecular weight excluding hydrogens is 332 g/mol. The van der Waals surface area contributed by atoms with E-state index in [1.54, 1.807) is 48.8 Å². The number of carbonyl (C=O) groups is 1.